The summed E-state index contributed by atoms with van der Waals surface area (Å²) >= 11 is 0. The van der Waals surface area contributed by atoms with E-state index in [1.54, 1.807) is 31.6 Å². The van der Waals surface area contributed by atoms with Crippen molar-refractivity contribution in [1.29, 1.82) is 5.26 Å². The lowest BCUT2D eigenvalue weighted by molar-refractivity contribution is 0.0978. The molecule has 0 fully saturated rings. The molecule has 0 saturated heterocycles. The highest BCUT2D eigenvalue weighted by atomic mass is 16.1. The molecular formula is C12H10N4O. The number of nitrogens with zero attached hydrogens (tertiary/aromatic N) is 4. The number of nitriles is 1. The smallest absolute Gasteiger partial charge is 0.187 e. The standard InChI is InChI=1S/C12H10N4O/c1-16-8-10(7-15-16)12(17)11(5-13)9-3-2-4-14-6-9/h2-4,6-8,11H,1H3. The van der Waals surface area contributed by atoms with E-state index in [4.69, 9.17) is 5.26 Å². The van der Waals surface area contributed by atoms with Crippen molar-refractivity contribution in [3.05, 3.63) is 48.0 Å². The maximum absolute atomic E-state index is 12.1. The average Bonchev–Trinajstić information content (AvgIpc) is 2.78. The highest BCUT2D eigenvalue weighted by Crippen LogP contribution is 2.18. The SMILES string of the molecule is Cn1cc(C(=O)C(C#N)c2cccnc2)cn1. The molecule has 0 spiro atoms. The minimum Gasteiger partial charge on any atom is -0.292 e. The zero-order valence-electron chi connectivity index (χ0n) is 9.24. The van der Waals surface area contributed by atoms with Gasteiger partial charge in [-0.2, -0.15) is 10.4 Å². The molecule has 5 nitrogen and oxygen atoms in total. The van der Waals surface area contributed by atoms with Gasteiger partial charge in [-0.15, -0.1) is 0 Å². The van der Waals surface area contributed by atoms with Crippen molar-refractivity contribution in [2.75, 3.05) is 0 Å². The first-order chi connectivity index (χ1) is 8.22. The average molecular weight is 226 g/mol. The fraction of sp³-hybridized carbons (Fsp3) is 0.167. The Morgan fingerprint density at radius 3 is 2.88 bits per heavy atom. The van der Waals surface area contributed by atoms with E-state index in [1.807, 2.05) is 6.07 Å². The maximum atomic E-state index is 12.1. The second-order valence-corrected chi connectivity index (χ2v) is 3.62. The monoisotopic (exact) mass is 226 g/mol. The Balaban J connectivity index is 2.32. The minimum absolute atomic E-state index is 0.256. The summed E-state index contributed by atoms with van der Waals surface area (Å²) in [6, 6.07) is 5.42. The third-order valence-electron chi connectivity index (χ3n) is 2.40. The van der Waals surface area contributed by atoms with Crippen LogP contribution < -0.4 is 0 Å². The number of carbonyl (C=O) groups is 1. The summed E-state index contributed by atoms with van der Waals surface area (Å²) in [4.78, 5) is 16.0. The first-order valence-corrected chi connectivity index (χ1v) is 5.05. The van der Waals surface area contributed by atoms with Crippen LogP contribution in [0.15, 0.2) is 36.9 Å². The molecule has 0 bridgehead atoms. The van der Waals surface area contributed by atoms with E-state index in [9.17, 15) is 4.79 Å². The van der Waals surface area contributed by atoms with Crippen molar-refractivity contribution in [2.24, 2.45) is 7.05 Å². The lowest BCUT2D eigenvalue weighted by atomic mass is 9.94. The molecule has 0 saturated carbocycles. The zero-order chi connectivity index (χ0) is 12.3. The van der Waals surface area contributed by atoms with Gasteiger partial charge in [0.05, 0.1) is 17.8 Å². The third kappa shape index (κ3) is 2.21. The Labute approximate surface area is 98.3 Å². The van der Waals surface area contributed by atoms with Crippen molar-refractivity contribution in [2.45, 2.75) is 5.92 Å². The van der Waals surface area contributed by atoms with Gasteiger partial charge in [0, 0.05) is 25.6 Å². The summed E-state index contributed by atoms with van der Waals surface area (Å²) in [7, 11) is 1.72. The van der Waals surface area contributed by atoms with Crippen molar-refractivity contribution in [3.8, 4) is 6.07 Å². The van der Waals surface area contributed by atoms with E-state index < -0.39 is 5.92 Å². The molecule has 2 aromatic heterocycles. The molecule has 84 valence electrons. The molecule has 1 atom stereocenters. The fourth-order valence-corrected chi connectivity index (χ4v) is 1.55. The van der Waals surface area contributed by atoms with E-state index in [0.29, 0.717) is 11.1 Å². The van der Waals surface area contributed by atoms with Gasteiger partial charge in [-0.3, -0.25) is 14.5 Å². The number of hydrogen-bond acceptors (Lipinski definition) is 4. The van der Waals surface area contributed by atoms with Gasteiger partial charge in [-0.05, 0) is 11.6 Å². The molecule has 0 aliphatic carbocycles. The van der Waals surface area contributed by atoms with Crippen molar-refractivity contribution >= 4 is 5.78 Å². The van der Waals surface area contributed by atoms with Gasteiger partial charge < -0.3 is 0 Å². The van der Waals surface area contributed by atoms with E-state index >= 15 is 0 Å². The number of hydrogen-bond donors (Lipinski definition) is 0. The van der Waals surface area contributed by atoms with Crippen LogP contribution in [0.3, 0.4) is 0 Å². The Hall–Kier alpha value is -2.48. The molecule has 0 aliphatic heterocycles. The number of Topliss-reactive ketones (excluding diaryl/α,β-unsaturated/α-hetero) is 1. The second-order valence-electron chi connectivity index (χ2n) is 3.62. The zero-order valence-corrected chi connectivity index (χ0v) is 9.24. The highest BCUT2D eigenvalue weighted by Gasteiger charge is 2.22. The van der Waals surface area contributed by atoms with Crippen molar-refractivity contribution in [1.82, 2.24) is 14.8 Å². The van der Waals surface area contributed by atoms with Gasteiger partial charge in [0.15, 0.2) is 5.78 Å². The first kappa shape index (κ1) is 11.0. The molecule has 0 aromatic carbocycles. The Morgan fingerprint density at radius 1 is 1.53 bits per heavy atom. The van der Waals surface area contributed by atoms with Gasteiger partial charge in [0.2, 0.25) is 0 Å². The molecule has 0 amide bonds. The minimum atomic E-state index is -0.826. The molecule has 5 heteroatoms. The van der Waals surface area contributed by atoms with Crippen LogP contribution in [-0.4, -0.2) is 20.5 Å². The third-order valence-corrected chi connectivity index (χ3v) is 2.40. The van der Waals surface area contributed by atoms with E-state index in [-0.39, 0.29) is 5.78 Å². The summed E-state index contributed by atoms with van der Waals surface area (Å²) in [5.74, 6) is -1.08. The van der Waals surface area contributed by atoms with Crippen LogP contribution in [0.5, 0.6) is 0 Å². The van der Waals surface area contributed by atoms with Crippen LogP contribution in [-0.2, 0) is 7.05 Å². The van der Waals surface area contributed by atoms with Crippen LogP contribution in [0.4, 0.5) is 0 Å². The van der Waals surface area contributed by atoms with Crippen LogP contribution in [0.25, 0.3) is 0 Å². The molecule has 0 N–H and O–H groups in total. The Kier molecular flexibility index (Phi) is 2.97. The van der Waals surface area contributed by atoms with Gasteiger partial charge in [-0.25, -0.2) is 0 Å². The summed E-state index contributed by atoms with van der Waals surface area (Å²) in [5.41, 5.74) is 1.03. The molecule has 17 heavy (non-hydrogen) atoms. The van der Waals surface area contributed by atoms with Gasteiger partial charge in [-0.1, -0.05) is 6.07 Å². The summed E-state index contributed by atoms with van der Waals surface area (Å²) in [5, 5.41) is 13.0. The molecule has 0 radical (unpaired) electrons. The van der Waals surface area contributed by atoms with E-state index in [2.05, 4.69) is 10.1 Å². The summed E-state index contributed by atoms with van der Waals surface area (Å²) < 4.78 is 1.53. The van der Waals surface area contributed by atoms with Crippen LogP contribution >= 0.6 is 0 Å². The van der Waals surface area contributed by atoms with Crippen LogP contribution in [0, 0.1) is 11.3 Å². The first-order valence-electron chi connectivity index (χ1n) is 5.05. The van der Waals surface area contributed by atoms with Gasteiger partial charge >= 0.3 is 0 Å². The Bertz CT molecular complexity index is 568. The largest absolute Gasteiger partial charge is 0.292 e. The highest BCUT2D eigenvalue weighted by molar-refractivity contribution is 6.02. The molecular weight excluding hydrogens is 216 g/mol. The lowest BCUT2D eigenvalue weighted by Gasteiger charge is -2.05. The van der Waals surface area contributed by atoms with E-state index in [0.717, 1.165) is 0 Å². The molecule has 0 aliphatic rings. The van der Waals surface area contributed by atoms with Gasteiger partial charge in [0.1, 0.15) is 5.92 Å². The van der Waals surface area contributed by atoms with Crippen LogP contribution in [0.2, 0.25) is 0 Å². The summed E-state index contributed by atoms with van der Waals surface area (Å²) in [6.07, 6.45) is 6.20. The molecule has 2 heterocycles. The lowest BCUT2D eigenvalue weighted by Crippen LogP contribution is -2.10. The fourth-order valence-electron chi connectivity index (χ4n) is 1.55. The number of pyridine rings is 1. The van der Waals surface area contributed by atoms with Crippen LogP contribution in [0.1, 0.15) is 21.8 Å². The normalized spacial score (nSPS) is 11.8. The molecule has 2 rings (SSSR count). The topological polar surface area (TPSA) is 71.6 Å². The summed E-state index contributed by atoms with van der Waals surface area (Å²) in [6.45, 7) is 0. The predicted octanol–water partition coefficient (Wildman–Crippen LogP) is 1.31. The number of aromatic nitrogens is 3. The van der Waals surface area contributed by atoms with Crippen molar-refractivity contribution < 1.29 is 4.79 Å². The Morgan fingerprint density at radius 2 is 2.35 bits per heavy atom. The second kappa shape index (κ2) is 4.58. The number of aryl methyl sites for hydroxylation is 1. The number of rotatable bonds is 3. The quantitative estimate of drug-likeness (QED) is 0.739. The van der Waals surface area contributed by atoms with E-state index in [1.165, 1.54) is 17.1 Å². The van der Waals surface area contributed by atoms with Gasteiger partial charge in [0.25, 0.3) is 0 Å². The molecule has 2 aromatic rings. The predicted molar refractivity (Wildman–Crippen MR) is 60.1 cm³/mol. The number of carbonyl (C=O) groups excluding carboxylic acids is 1. The maximum Gasteiger partial charge on any atom is 0.187 e. The van der Waals surface area contributed by atoms with Crippen molar-refractivity contribution in [3.63, 3.8) is 0 Å². The number of ketones is 1. The molecule has 1 unspecified atom stereocenters.